The Morgan fingerprint density at radius 3 is 1.27 bits per heavy atom. The number of amides is 1. The smallest absolute Gasteiger partial charge is 0.220 e. The highest BCUT2D eigenvalue weighted by atomic mass is 16.8. The molecule has 1 amide bonds. The number of unbranched alkanes of at least 4 members (excludes halogenated alkanes) is 25. The van der Waals surface area contributed by atoms with Gasteiger partial charge >= 0.3 is 0 Å². The van der Waals surface area contributed by atoms with E-state index in [9.17, 15) is 61.0 Å². The molecular weight excluding hydrogens is 1020 g/mol. The second-order valence-corrected chi connectivity index (χ2v) is 22.2. The highest BCUT2D eigenvalue weighted by Gasteiger charge is 2.53. The minimum atomic E-state index is -1.98. The van der Waals surface area contributed by atoms with E-state index in [1.165, 1.54) is 128 Å². The van der Waals surface area contributed by atoms with Crippen molar-refractivity contribution in [3.63, 3.8) is 0 Å². The number of hydrogen-bond donors (Lipinski definition) is 12. The third-order valence-electron chi connectivity index (χ3n) is 15.4. The summed E-state index contributed by atoms with van der Waals surface area (Å²) >= 11 is 0. The van der Waals surface area contributed by atoms with Crippen LogP contribution in [0.25, 0.3) is 0 Å². The van der Waals surface area contributed by atoms with E-state index in [0.29, 0.717) is 12.8 Å². The van der Waals surface area contributed by atoms with Gasteiger partial charge in [0, 0.05) is 6.42 Å². The summed E-state index contributed by atoms with van der Waals surface area (Å²) in [5.41, 5.74) is 0. The van der Waals surface area contributed by atoms with E-state index in [1.807, 2.05) is 6.08 Å². The van der Waals surface area contributed by atoms with Crippen molar-refractivity contribution >= 4 is 5.91 Å². The normalized spacial score (nSPS) is 30.5. The fraction of sp³-hybridized carbons (Fsp3) is 0.883. The topological polar surface area (TPSA) is 307 Å². The standard InChI is InChI=1S/C60H109NO18/c1-3-5-7-9-11-13-15-17-18-19-20-21-22-23-24-25-26-27-29-31-33-35-37-44(65)43(61-48(66)38-36-34-32-30-28-16-14-12-10-8-6-4-2)42-74-58-54(72)51(69)56(46(40-63)76-58)79-60-55(73)52(70)57(47(41-64)77-60)78-59-53(71)50(68)49(67)45(39-62)75-59/h23-24,27,29,35,37,43-47,49-60,62-65,67-73H,3-22,25-26,28,30-34,36,38-42H2,1-2H3,(H,61,66)/b24-23+,29-27+,37-35+. The monoisotopic (exact) mass is 1130 g/mol. The van der Waals surface area contributed by atoms with Gasteiger partial charge in [-0.05, 0) is 44.9 Å². The highest BCUT2D eigenvalue weighted by Crippen LogP contribution is 2.33. The average Bonchev–Trinajstić information content (AvgIpc) is 3.49. The van der Waals surface area contributed by atoms with Crippen molar-refractivity contribution < 1.29 is 89.4 Å². The van der Waals surface area contributed by atoms with Crippen LogP contribution in [-0.2, 0) is 33.2 Å². The van der Waals surface area contributed by atoms with Gasteiger partial charge in [-0.3, -0.25) is 4.79 Å². The lowest BCUT2D eigenvalue weighted by molar-refractivity contribution is -0.379. The number of nitrogens with one attached hydrogen (secondary N) is 1. The number of ether oxygens (including phenoxy) is 6. The van der Waals surface area contributed by atoms with E-state index in [0.717, 1.165) is 44.9 Å². The van der Waals surface area contributed by atoms with E-state index >= 15 is 0 Å². The Kier molecular flexibility index (Phi) is 39.4. The molecule has 0 aromatic heterocycles. The van der Waals surface area contributed by atoms with Gasteiger partial charge in [-0.25, -0.2) is 0 Å². The molecule has 0 saturated carbocycles. The first-order valence-corrected chi connectivity index (χ1v) is 30.7. The van der Waals surface area contributed by atoms with Crippen LogP contribution in [0.3, 0.4) is 0 Å². The molecule has 3 aliphatic rings. The summed E-state index contributed by atoms with van der Waals surface area (Å²) < 4.78 is 34.2. The number of hydrogen-bond acceptors (Lipinski definition) is 18. The van der Waals surface area contributed by atoms with Gasteiger partial charge in [0.1, 0.15) is 73.2 Å². The molecule has 0 aromatic carbocycles. The van der Waals surface area contributed by atoms with Crippen LogP contribution in [0.2, 0.25) is 0 Å². The van der Waals surface area contributed by atoms with Crippen LogP contribution in [0.1, 0.15) is 206 Å². The zero-order valence-electron chi connectivity index (χ0n) is 48.1. The molecule has 3 heterocycles. The third kappa shape index (κ3) is 27.5. The maximum absolute atomic E-state index is 13.3. The Bertz CT molecular complexity index is 1590. The van der Waals surface area contributed by atoms with E-state index in [1.54, 1.807) is 6.08 Å². The molecule has 0 radical (unpaired) electrons. The van der Waals surface area contributed by atoms with Crippen molar-refractivity contribution in [2.75, 3.05) is 26.4 Å². The first kappa shape index (κ1) is 71.3. The largest absolute Gasteiger partial charge is 0.394 e. The van der Waals surface area contributed by atoms with Crippen LogP contribution in [0.5, 0.6) is 0 Å². The SMILES string of the molecule is CCCCCCCCCCCCCC/C=C/CC/C=C/CC/C=C/C(O)C(COC1OC(CO)C(OC2OC(CO)C(OC3OC(CO)C(O)C(O)C3O)C(O)C2O)C(O)C1O)NC(=O)CCCCCCCCCCCCCC. The summed E-state index contributed by atoms with van der Waals surface area (Å²) in [5.74, 6) is -0.290. The van der Waals surface area contributed by atoms with Crippen molar-refractivity contribution in [2.45, 2.75) is 311 Å². The molecule has 3 aliphatic heterocycles. The third-order valence-corrected chi connectivity index (χ3v) is 15.4. The van der Waals surface area contributed by atoms with E-state index in [-0.39, 0.29) is 18.9 Å². The number of carbonyl (C=O) groups is 1. The van der Waals surface area contributed by atoms with E-state index < -0.39 is 124 Å². The Morgan fingerprint density at radius 2 is 0.810 bits per heavy atom. The molecule has 3 fully saturated rings. The second kappa shape index (κ2) is 43.6. The molecule has 0 bridgehead atoms. The van der Waals surface area contributed by atoms with E-state index in [2.05, 4.69) is 43.5 Å². The van der Waals surface area contributed by atoms with E-state index in [4.69, 9.17) is 28.4 Å². The maximum atomic E-state index is 13.3. The first-order chi connectivity index (χ1) is 38.3. The van der Waals surface area contributed by atoms with Gasteiger partial charge in [0.15, 0.2) is 18.9 Å². The minimum Gasteiger partial charge on any atom is -0.394 e. The minimum absolute atomic E-state index is 0.234. The van der Waals surface area contributed by atoms with Crippen molar-refractivity contribution in [3.05, 3.63) is 36.5 Å². The molecule has 0 spiro atoms. The van der Waals surface area contributed by atoms with Gasteiger partial charge < -0.3 is 89.9 Å². The lowest BCUT2D eigenvalue weighted by atomic mass is 9.96. The number of aliphatic hydroxyl groups is 11. The van der Waals surface area contributed by atoms with Crippen LogP contribution < -0.4 is 5.32 Å². The fourth-order valence-electron chi connectivity index (χ4n) is 10.3. The zero-order valence-corrected chi connectivity index (χ0v) is 48.1. The number of rotatable bonds is 45. The van der Waals surface area contributed by atoms with Gasteiger partial charge in [0.2, 0.25) is 5.91 Å². The molecule has 19 nitrogen and oxygen atoms in total. The molecule has 3 saturated heterocycles. The molecule has 12 N–H and O–H groups in total. The average molecular weight is 1130 g/mol. The lowest BCUT2D eigenvalue weighted by Gasteiger charge is -2.48. The fourth-order valence-corrected chi connectivity index (χ4v) is 10.3. The van der Waals surface area contributed by atoms with Gasteiger partial charge in [-0.2, -0.15) is 0 Å². The van der Waals surface area contributed by atoms with Gasteiger partial charge in [-0.15, -0.1) is 0 Å². The molecule has 17 unspecified atom stereocenters. The molecule has 462 valence electrons. The van der Waals surface area contributed by atoms with Crippen LogP contribution in [-0.4, -0.2) is 193 Å². The Hall–Kier alpha value is -1.99. The van der Waals surface area contributed by atoms with Crippen LogP contribution >= 0.6 is 0 Å². The Morgan fingerprint density at radius 1 is 0.443 bits per heavy atom. The zero-order chi connectivity index (χ0) is 57.6. The summed E-state index contributed by atoms with van der Waals surface area (Å²) in [5, 5.41) is 120. The number of carbonyl (C=O) groups excluding carboxylic acids is 1. The molecule has 79 heavy (non-hydrogen) atoms. The van der Waals surface area contributed by atoms with Crippen molar-refractivity contribution in [1.29, 1.82) is 0 Å². The predicted octanol–water partition coefficient (Wildman–Crippen LogP) is 5.71. The molecule has 0 aromatic rings. The number of aliphatic hydroxyl groups excluding tert-OH is 11. The highest BCUT2D eigenvalue weighted by molar-refractivity contribution is 5.76. The second-order valence-electron chi connectivity index (χ2n) is 22.2. The molecule has 0 aliphatic carbocycles. The predicted molar refractivity (Wildman–Crippen MR) is 300 cm³/mol. The molecule has 19 heteroatoms. The quantitative estimate of drug-likeness (QED) is 0.0257. The Balaban J connectivity index is 1.50. The number of allylic oxidation sites excluding steroid dienone is 5. The first-order valence-electron chi connectivity index (χ1n) is 30.7. The summed E-state index contributed by atoms with van der Waals surface area (Å²) in [6.45, 7) is 1.69. The lowest BCUT2D eigenvalue weighted by Crippen LogP contribution is -2.66. The Labute approximate surface area is 472 Å². The molecule has 3 rings (SSSR count). The summed E-state index contributed by atoms with van der Waals surface area (Å²) in [6, 6.07) is -0.992. The van der Waals surface area contributed by atoms with Gasteiger partial charge in [0.25, 0.3) is 0 Å². The van der Waals surface area contributed by atoms with Crippen molar-refractivity contribution in [3.8, 4) is 0 Å². The molecule has 17 atom stereocenters. The van der Waals surface area contributed by atoms with Crippen molar-refractivity contribution in [1.82, 2.24) is 5.32 Å². The van der Waals surface area contributed by atoms with Crippen molar-refractivity contribution in [2.24, 2.45) is 0 Å². The van der Waals surface area contributed by atoms with Gasteiger partial charge in [-0.1, -0.05) is 192 Å². The summed E-state index contributed by atoms with van der Waals surface area (Å²) in [7, 11) is 0. The summed E-state index contributed by atoms with van der Waals surface area (Å²) in [6.07, 6.45) is 19.9. The van der Waals surface area contributed by atoms with Crippen LogP contribution in [0.4, 0.5) is 0 Å². The molecular formula is C60H109NO18. The van der Waals surface area contributed by atoms with Crippen LogP contribution in [0, 0.1) is 0 Å². The van der Waals surface area contributed by atoms with Crippen LogP contribution in [0.15, 0.2) is 36.5 Å². The maximum Gasteiger partial charge on any atom is 0.220 e. The van der Waals surface area contributed by atoms with Gasteiger partial charge in [0.05, 0.1) is 38.6 Å². The summed E-state index contributed by atoms with van der Waals surface area (Å²) in [4.78, 5) is 13.3.